The monoisotopic (exact) mass is 440 g/mol. The minimum atomic E-state index is -0.0518. The number of carbonyl (C=O) groups excluding carboxylic acids is 1. The van der Waals surface area contributed by atoms with Crippen molar-refractivity contribution in [3.63, 3.8) is 0 Å². The van der Waals surface area contributed by atoms with Crippen LogP contribution in [0.5, 0.6) is 0 Å². The fourth-order valence-corrected chi connectivity index (χ4v) is 4.77. The zero-order valence-corrected chi connectivity index (χ0v) is 18.2. The van der Waals surface area contributed by atoms with E-state index in [1.54, 1.807) is 0 Å². The number of urea groups is 1. The number of carbonyl (C=O) groups is 1. The topological polar surface area (TPSA) is 102 Å². The minimum absolute atomic E-state index is 0.0518. The van der Waals surface area contributed by atoms with Crippen molar-refractivity contribution >= 4 is 40.2 Å². The number of anilines is 4. The summed E-state index contributed by atoms with van der Waals surface area (Å²) < 4.78 is 0. The molecule has 2 fully saturated rings. The zero-order chi connectivity index (χ0) is 22.4. The number of para-hydroxylation sites is 2. The second-order valence-electron chi connectivity index (χ2n) is 8.59. The average Bonchev–Trinajstić information content (AvgIpc) is 3.55. The highest BCUT2D eigenvalue weighted by Gasteiger charge is 2.46. The maximum atomic E-state index is 12.8. The summed E-state index contributed by atoms with van der Waals surface area (Å²) in [6.45, 7) is 3.33. The summed E-state index contributed by atoms with van der Waals surface area (Å²) in [5.41, 5.74) is 2.66. The Bertz CT molecular complexity index is 1320. The lowest BCUT2D eigenvalue weighted by atomic mass is 10.2. The van der Waals surface area contributed by atoms with Gasteiger partial charge in [-0.1, -0.05) is 30.3 Å². The molecule has 2 aliphatic rings. The van der Waals surface area contributed by atoms with E-state index in [1.807, 2.05) is 72.5 Å². The predicted octanol–water partition coefficient (Wildman–Crippen LogP) is 3.90. The molecule has 4 heterocycles. The first-order valence-corrected chi connectivity index (χ1v) is 11.1. The number of H-pyrrole nitrogens is 1. The van der Waals surface area contributed by atoms with Crippen molar-refractivity contribution in [2.24, 2.45) is 0 Å². The first-order valence-electron chi connectivity index (χ1n) is 11.1. The van der Waals surface area contributed by atoms with E-state index in [9.17, 15) is 4.79 Å². The van der Waals surface area contributed by atoms with Crippen molar-refractivity contribution in [2.75, 3.05) is 28.6 Å². The molecule has 2 aliphatic heterocycles. The molecule has 2 bridgehead atoms. The smallest absolute Gasteiger partial charge is 0.322 e. The number of piperazine rings is 1. The molecule has 2 aromatic heterocycles. The van der Waals surface area contributed by atoms with E-state index in [0.29, 0.717) is 24.9 Å². The number of aromatic amines is 1. The maximum absolute atomic E-state index is 12.8. The van der Waals surface area contributed by atoms with Crippen LogP contribution >= 0.6 is 0 Å². The molecule has 4 aromatic rings. The van der Waals surface area contributed by atoms with Crippen LogP contribution in [0.25, 0.3) is 10.9 Å². The van der Waals surface area contributed by atoms with Gasteiger partial charge in [-0.25, -0.2) is 9.78 Å². The number of fused-ring (bicyclic) bond motifs is 3. The van der Waals surface area contributed by atoms with Crippen LogP contribution < -0.4 is 15.5 Å². The van der Waals surface area contributed by atoms with Gasteiger partial charge in [-0.05, 0) is 37.6 Å². The van der Waals surface area contributed by atoms with Gasteiger partial charge in [0.15, 0.2) is 5.82 Å². The van der Waals surface area contributed by atoms with Gasteiger partial charge in [0.05, 0.1) is 17.6 Å². The highest BCUT2D eigenvalue weighted by atomic mass is 16.2. The van der Waals surface area contributed by atoms with E-state index >= 15 is 0 Å². The first kappa shape index (κ1) is 19.5. The Balaban J connectivity index is 1.24. The van der Waals surface area contributed by atoms with Gasteiger partial charge in [-0.15, -0.1) is 0 Å². The Morgan fingerprint density at radius 2 is 1.85 bits per heavy atom. The number of likely N-dealkylation sites (tertiary alicyclic amines) is 1. The molecular weight excluding hydrogens is 416 g/mol. The Hall–Kier alpha value is -4.14. The number of nitrogens with one attached hydrogen (secondary N) is 3. The molecule has 3 N–H and O–H groups in total. The van der Waals surface area contributed by atoms with Gasteiger partial charge in [0.2, 0.25) is 5.95 Å². The van der Waals surface area contributed by atoms with Gasteiger partial charge in [0.1, 0.15) is 5.82 Å². The molecule has 2 amide bonds. The zero-order valence-electron chi connectivity index (χ0n) is 18.2. The second kappa shape index (κ2) is 7.77. The van der Waals surface area contributed by atoms with Gasteiger partial charge >= 0.3 is 6.03 Å². The van der Waals surface area contributed by atoms with Crippen LogP contribution in [0, 0.1) is 6.92 Å². The van der Waals surface area contributed by atoms with E-state index in [1.165, 1.54) is 0 Å². The average molecular weight is 441 g/mol. The quantitative estimate of drug-likeness (QED) is 0.445. The Labute approximate surface area is 190 Å². The van der Waals surface area contributed by atoms with E-state index in [4.69, 9.17) is 9.97 Å². The van der Waals surface area contributed by atoms with Crippen molar-refractivity contribution in [2.45, 2.75) is 25.4 Å². The molecule has 6 rings (SSSR count). The van der Waals surface area contributed by atoms with Gasteiger partial charge in [0, 0.05) is 35.9 Å². The predicted molar refractivity (Wildman–Crippen MR) is 128 cm³/mol. The van der Waals surface area contributed by atoms with Crippen molar-refractivity contribution in [1.82, 2.24) is 25.1 Å². The molecule has 33 heavy (non-hydrogen) atoms. The molecule has 166 valence electrons. The van der Waals surface area contributed by atoms with Crippen molar-refractivity contribution < 1.29 is 4.79 Å². The fourth-order valence-electron chi connectivity index (χ4n) is 4.77. The Kier molecular flexibility index (Phi) is 4.60. The van der Waals surface area contributed by atoms with E-state index in [0.717, 1.165) is 34.5 Å². The van der Waals surface area contributed by atoms with Crippen molar-refractivity contribution in [1.29, 1.82) is 0 Å². The van der Waals surface area contributed by atoms with Crippen LogP contribution in [-0.4, -0.2) is 56.3 Å². The number of rotatable bonds is 4. The SMILES string of the molecule is Cc1cc(Nc2nc(N3CC4CC3CN4C(=O)Nc3ccccc3)nc3ccccc23)n[nH]1. The third-order valence-electron chi connectivity index (χ3n) is 6.33. The van der Waals surface area contributed by atoms with E-state index in [2.05, 4.69) is 25.7 Å². The third-order valence-corrected chi connectivity index (χ3v) is 6.33. The highest BCUT2D eigenvalue weighted by Crippen LogP contribution is 2.35. The van der Waals surface area contributed by atoms with E-state index < -0.39 is 0 Å². The van der Waals surface area contributed by atoms with Crippen LogP contribution in [0.15, 0.2) is 60.7 Å². The van der Waals surface area contributed by atoms with Gasteiger partial charge in [0.25, 0.3) is 0 Å². The lowest BCUT2D eigenvalue weighted by Crippen LogP contribution is -2.50. The Morgan fingerprint density at radius 1 is 1.03 bits per heavy atom. The fraction of sp³-hybridized carbons (Fsp3) is 0.250. The minimum Gasteiger partial charge on any atom is -0.334 e. The number of aromatic nitrogens is 4. The van der Waals surface area contributed by atoms with Crippen LogP contribution in [0.1, 0.15) is 12.1 Å². The van der Waals surface area contributed by atoms with E-state index in [-0.39, 0.29) is 18.1 Å². The van der Waals surface area contributed by atoms with Gasteiger partial charge in [-0.2, -0.15) is 10.1 Å². The summed E-state index contributed by atoms with van der Waals surface area (Å²) in [4.78, 5) is 26.7. The molecule has 0 saturated carbocycles. The summed E-state index contributed by atoms with van der Waals surface area (Å²) in [7, 11) is 0. The number of aryl methyl sites for hydroxylation is 1. The molecule has 0 aliphatic carbocycles. The lowest BCUT2D eigenvalue weighted by molar-refractivity contribution is 0.202. The number of hydrogen-bond acceptors (Lipinski definition) is 6. The standard InChI is InChI=1S/C24H24N8O/c1-15-11-21(30-29-15)27-22-19-9-5-6-10-20(19)26-23(28-22)31-13-18-12-17(31)14-32(18)24(33)25-16-7-3-2-4-8-16/h2-11,17-18H,12-14H2,1H3,(H,25,33)(H2,26,27,28,29,30). The summed E-state index contributed by atoms with van der Waals surface area (Å²) in [5, 5.41) is 14.5. The molecule has 2 aromatic carbocycles. The van der Waals surface area contributed by atoms with Gasteiger partial charge in [-0.3, -0.25) is 5.10 Å². The van der Waals surface area contributed by atoms with Crippen molar-refractivity contribution in [3.8, 4) is 0 Å². The second-order valence-corrected chi connectivity index (χ2v) is 8.59. The van der Waals surface area contributed by atoms with Crippen LogP contribution in [0.3, 0.4) is 0 Å². The van der Waals surface area contributed by atoms with Gasteiger partial charge < -0.3 is 20.4 Å². The first-order chi connectivity index (χ1) is 16.1. The van der Waals surface area contributed by atoms with Crippen LogP contribution in [0.2, 0.25) is 0 Å². The molecular formula is C24H24N8O. The molecule has 0 radical (unpaired) electrons. The highest BCUT2D eigenvalue weighted by molar-refractivity contribution is 5.92. The van der Waals surface area contributed by atoms with Crippen LogP contribution in [-0.2, 0) is 0 Å². The van der Waals surface area contributed by atoms with Crippen molar-refractivity contribution in [3.05, 3.63) is 66.4 Å². The summed E-state index contributed by atoms with van der Waals surface area (Å²) in [6.07, 6.45) is 0.916. The molecule has 9 nitrogen and oxygen atoms in total. The molecule has 2 saturated heterocycles. The lowest BCUT2D eigenvalue weighted by Gasteiger charge is -2.34. The summed E-state index contributed by atoms with van der Waals surface area (Å²) >= 11 is 0. The molecule has 2 atom stereocenters. The Morgan fingerprint density at radius 3 is 2.61 bits per heavy atom. The molecule has 0 spiro atoms. The molecule has 2 unspecified atom stereocenters. The molecule has 9 heteroatoms. The van der Waals surface area contributed by atoms with Crippen LogP contribution in [0.4, 0.5) is 28.1 Å². The summed E-state index contributed by atoms with van der Waals surface area (Å²) in [6, 6.07) is 19.8. The summed E-state index contributed by atoms with van der Waals surface area (Å²) in [5.74, 6) is 2.12. The maximum Gasteiger partial charge on any atom is 0.322 e. The number of benzene rings is 2. The number of nitrogens with zero attached hydrogens (tertiary/aromatic N) is 5. The largest absolute Gasteiger partial charge is 0.334 e. The normalized spacial score (nSPS) is 19.3. The third kappa shape index (κ3) is 3.61. The number of amides is 2. The number of hydrogen-bond donors (Lipinski definition) is 3.